The molecule has 3 nitrogen and oxygen atoms in total. The van der Waals surface area contributed by atoms with Crippen molar-refractivity contribution in [1.29, 1.82) is 0 Å². The summed E-state index contributed by atoms with van der Waals surface area (Å²) in [4.78, 5) is 7.87. The van der Waals surface area contributed by atoms with Gasteiger partial charge in [0.15, 0.2) is 0 Å². The zero-order valence-electron chi connectivity index (χ0n) is 5.87. The van der Waals surface area contributed by atoms with Gasteiger partial charge < -0.3 is 4.57 Å². The van der Waals surface area contributed by atoms with Crippen molar-refractivity contribution in [3.05, 3.63) is 23.7 Å². The molecule has 0 bridgehead atoms. The summed E-state index contributed by atoms with van der Waals surface area (Å²) in [6.45, 7) is 0. The van der Waals surface area contributed by atoms with Gasteiger partial charge >= 0.3 is 0 Å². The Kier molecular flexibility index (Phi) is 1.32. The summed E-state index contributed by atoms with van der Waals surface area (Å²) in [5.41, 5.74) is 0.810. The van der Waals surface area contributed by atoms with E-state index in [9.17, 15) is 0 Å². The summed E-state index contributed by atoms with van der Waals surface area (Å²) < 4.78 is 1.85. The summed E-state index contributed by atoms with van der Waals surface area (Å²) >= 11 is 5.77. The fourth-order valence-electron chi connectivity index (χ4n) is 0.970. The number of aryl methyl sites for hydroxylation is 1. The average Bonchev–Trinajstić information content (AvgIpc) is 2.35. The molecule has 0 aliphatic rings. The fraction of sp³-hybridized carbons (Fsp3) is 0.143. The molecule has 55 valence electrons. The molecule has 2 rings (SSSR count). The van der Waals surface area contributed by atoms with Crippen LogP contribution in [-0.2, 0) is 7.05 Å². The van der Waals surface area contributed by atoms with Crippen molar-refractivity contribution in [2.75, 3.05) is 0 Å². The number of aromatic nitrogens is 3. The molecule has 2 heterocycles. The highest BCUT2D eigenvalue weighted by atomic mass is 35.5. The Balaban J connectivity index is 2.94. The maximum absolute atomic E-state index is 5.77. The molecule has 4 heteroatoms. The Morgan fingerprint density at radius 2 is 2.36 bits per heavy atom. The van der Waals surface area contributed by atoms with Crippen LogP contribution in [0, 0.1) is 6.07 Å². The molecule has 0 aromatic carbocycles. The SMILES string of the molecule is Cn1c[c]c2c(Cl)ncnc21. The molecule has 0 unspecified atom stereocenters. The first-order chi connectivity index (χ1) is 5.29. The Morgan fingerprint density at radius 1 is 1.55 bits per heavy atom. The van der Waals surface area contributed by atoms with Crippen LogP contribution in [0.1, 0.15) is 0 Å². The Hall–Kier alpha value is -1.09. The van der Waals surface area contributed by atoms with Crippen molar-refractivity contribution < 1.29 is 0 Å². The molecule has 11 heavy (non-hydrogen) atoms. The highest BCUT2D eigenvalue weighted by Gasteiger charge is 2.02. The van der Waals surface area contributed by atoms with Gasteiger partial charge in [-0.25, -0.2) is 9.97 Å². The third kappa shape index (κ3) is 0.886. The second-order valence-corrected chi connectivity index (χ2v) is 2.61. The van der Waals surface area contributed by atoms with Gasteiger partial charge in [-0.2, -0.15) is 0 Å². The van der Waals surface area contributed by atoms with Gasteiger partial charge in [0.1, 0.15) is 17.1 Å². The number of halogens is 1. The van der Waals surface area contributed by atoms with Crippen LogP contribution in [-0.4, -0.2) is 14.5 Å². The second kappa shape index (κ2) is 2.20. The van der Waals surface area contributed by atoms with Gasteiger partial charge in [0, 0.05) is 19.3 Å². The lowest BCUT2D eigenvalue weighted by molar-refractivity contribution is 0.943. The van der Waals surface area contributed by atoms with Crippen LogP contribution >= 0.6 is 11.6 Å². The minimum Gasteiger partial charge on any atom is -0.335 e. The van der Waals surface area contributed by atoms with Crippen molar-refractivity contribution in [3.8, 4) is 0 Å². The van der Waals surface area contributed by atoms with Crippen molar-refractivity contribution in [1.82, 2.24) is 14.5 Å². The first-order valence-corrected chi connectivity index (χ1v) is 3.50. The number of nitrogens with zero attached hydrogens (tertiary/aromatic N) is 3. The monoisotopic (exact) mass is 166 g/mol. The van der Waals surface area contributed by atoms with Crippen LogP contribution in [0.3, 0.4) is 0 Å². The second-order valence-electron chi connectivity index (χ2n) is 2.25. The van der Waals surface area contributed by atoms with Gasteiger partial charge in [0.25, 0.3) is 0 Å². The molecule has 0 atom stereocenters. The summed E-state index contributed by atoms with van der Waals surface area (Å²) in [7, 11) is 1.89. The lowest BCUT2D eigenvalue weighted by Gasteiger charge is -1.93. The molecule has 0 spiro atoms. The van der Waals surface area contributed by atoms with Gasteiger partial charge in [0.05, 0.1) is 5.39 Å². The average molecular weight is 167 g/mol. The zero-order chi connectivity index (χ0) is 7.84. The summed E-state index contributed by atoms with van der Waals surface area (Å²) in [6, 6.07) is 2.96. The molecule has 2 aromatic heterocycles. The number of hydrogen-bond acceptors (Lipinski definition) is 2. The number of hydrogen-bond donors (Lipinski definition) is 0. The van der Waals surface area contributed by atoms with E-state index < -0.39 is 0 Å². The van der Waals surface area contributed by atoms with E-state index in [1.807, 2.05) is 11.6 Å². The molecular formula is C7H5ClN3. The fourth-order valence-corrected chi connectivity index (χ4v) is 1.15. The Bertz CT molecular complexity index is 393. The van der Waals surface area contributed by atoms with E-state index in [0.29, 0.717) is 5.15 Å². The lowest BCUT2D eigenvalue weighted by Crippen LogP contribution is -1.88. The van der Waals surface area contributed by atoms with Gasteiger partial charge in [-0.3, -0.25) is 0 Å². The molecule has 0 aliphatic heterocycles. The molecule has 0 N–H and O–H groups in total. The van der Waals surface area contributed by atoms with Crippen molar-refractivity contribution in [3.63, 3.8) is 0 Å². The zero-order valence-corrected chi connectivity index (χ0v) is 6.63. The summed E-state index contributed by atoms with van der Waals surface area (Å²) in [6.07, 6.45) is 3.23. The first kappa shape index (κ1) is 6.61. The predicted octanol–water partition coefficient (Wildman–Crippen LogP) is 1.42. The molecule has 2 aromatic rings. The minimum atomic E-state index is 0.454. The largest absolute Gasteiger partial charge is 0.335 e. The first-order valence-electron chi connectivity index (χ1n) is 3.12. The standard InChI is InChI=1S/C7H5ClN3/c1-11-3-2-5-6(8)9-4-10-7(5)11/h3-4H,1H3. The van der Waals surface area contributed by atoms with Crippen molar-refractivity contribution in [2.45, 2.75) is 0 Å². The van der Waals surface area contributed by atoms with E-state index in [0.717, 1.165) is 11.0 Å². The van der Waals surface area contributed by atoms with Gasteiger partial charge in [-0.1, -0.05) is 11.6 Å². The molecule has 0 saturated heterocycles. The molecular weight excluding hydrogens is 162 g/mol. The van der Waals surface area contributed by atoms with E-state index in [1.54, 1.807) is 6.20 Å². The molecule has 1 radical (unpaired) electrons. The number of fused-ring (bicyclic) bond motifs is 1. The smallest absolute Gasteiger partial charge is 0.145 e. The van der Waals surface area contributed by atoms with Gasteiger partial charge in [0.2, 0.25) is 0 Å². The highest BCUT2D eigenvalue weighted by Crippen LogP contribution is 2.17. The Morgan fingerprint density at radius 3 is 3.09 bits per heavy atom. The van der Waals surface area contributed by atoms with Crippen LogP contribution in [0.25, 0.3) is 11.0 Å². The van der Waals surface area contributed by atoms with Gasteiger partial charge in [-0.15, -0.1) is 0 Å². The molecule has 0 aliphatic carbocycles. The minimum absolute atomic E-state index is 0.454. The van der Waals surface area contributed by atoms with Crippen LogP contribution in [0.5, 0.6) is 0 Å². The normalized spacial score (nSPS) is 10.7. The number of rotatable bonds is 0. The molecule has 0 amide bonds. The maximum Gasteiger partial charge on any atom is 0.145 e. The molecule has 0 saturated carbocycles. The summed E-state index contributed by atoms with van der Waals surface area (Å²) in [5, 5.41) is 1.23. The van der Waals surface area contributed by atoms with Crippen LogP contribution < -0.4 is 0 Å². The van der Waals surface area contributed by atoms with E-state index in [1.165, 1.54) is 6.33 Å². The van der Waals surface area contributed by atoms with Crippen molar-refractivity contribution in [2.24, 2.45) is 7.05 Å². The molecule has 0 fully saturated rings. The predicted molar refractivity (Wildman–Crippen MR) is 42.4 cm³/mol. The van der Waals surface area contributed by atoms with E-state index in [-0.39, 0.29) is 0 Å². The summed E-state index contributed by atoms with van der Waals surface area (Å²) in [5.74, 6) is 0. The van der Waals surface area contributed by atoms with Crippen molar-refractivity contribution >= 4 is 22.6 Å². The highest BCUT2D eigenvalue weighted by molar-refractivity contribution is 6.33. The topological polar surface area (TPSA) is 30.7 Å². The van der Waals surface area contributed by atoms with Crippen LogP contribution in [0.2, 0.25) is 5.15 Å². The van der Waals surface area contributed by atoms with E-state index >= 15 is 0 Å². The third-order valence-corrected chi connectivity index (χ3v) is 1.80. The Labute approximate surface area is 68.6 Å². The van der Waals surface area contributed by atoms with E-state index in [2.05, 4.69) is 16.0 Å². The van der Waals surface area contributed by atoms with Crippen LogP contribution in [0.15, 0.2) is 12.5 Å². The van der Waals surface area contributed by atoms with Gasteiger partial charge in [-0.05, 0) is 0 Å². The third-order valence-electron chi connectivity index (χ3n) is 1.52. The maximum atomic E-state index is 5.77. The lowest BCUT2D eigenvalue weighted by atomic mass is 10.4. The van der Waals surface area contributed by atoms with Crippen LogP contribution in [0.4, 0.5) is 0 Å². The quantitative estimate of drug-likeness (QED) is 0.555. The van der Waals surface area contributed by atoms with E-state index in [4.69, 9.17) is 11.6 Å².